The van der Waals surface area contributed by atoms with Gasteiger partial charge in [-0.2, -0.15) is 0 Å². The Kier molecular flexibility index (Phi) is 12.1. The van der Waals surface area contributed by atoms with Gasteiger partial charge in [-0.25, -0.2) is 10.4 Å². The normalized spacial score (nSPS) is 16.6. The minimum absolute atomic E-state index is 0.0411. The number of aliphatic hydroxyl groups excluding tert-OH is 1. The van der Waals surface area contributed by atoms with Gasteiger partial charge in [0.1, 0.15) is 5.75 Å². The standard InChI is InChI=1S/C36H37BrN6O6/c1-46-31-17-8-24(20-32(31)47-2)22-39-42-35(45)36(21-27-6-3-4-7-28(27)23-40-43-38)33(25-9-13-29(37)14-10-25)49-34(41-36)26-11-15-30(16-12-26)48-19-5-18-44/h3-4,6-17,20,33,39,44H,5,18-19,21-23H2,1-2H3,(H,42,45)/t33-,36-/m0/s1. The van der Waals surface area contributed by atoms with E-state index in [2.05, 4.69) is 36.8 Å². The number of azide groups is 1. The zero-order valence-corrected chi connectivity index (χ0v) is 28.7. The van der Waals surface area contributed by atoms with Crippen molar-refractivity contribution in [1.82, 2.24) is 10.9 Å². The number of hydrazine groups is 1. The molecule has 49 heavy (non-hydrogen) atoms. The van der Waals surface area contributed by atoms with E-state index >= 15 is 0 Å². The van der Waals surface area contributed by atoms with Crippen molar-refractivity contribution in [2.24, 2.45) is 10.1 Å². The molecule has 1 aliphatic rings. The highest BCUT2D eigenvalue weighted by molar-refractivity contribution is 9.10. The SMILES string of the molecule is COc1ccc(CNNC(=O)[C@@]2(Cc3ccccc3CN=[N+]=[N-])N=C(c3ccc(OCCCO)cc3)O[C@H]2c2ccc(Br)cc2)cc1OC. The summed E-state index contributed by atoms with van der Waals surface area (Å²) in [7, 11) is 3.14. The maximum Gasteiger partial charge on any atom is 0.266 e. The molecule has 0 bridgehead atoms. The topological polar surface area (TPSA) is 159 Å². The first-order valence-electron chi connectivity index (χ1n) is 15.6. The van der Waals surface area contributed by atoms with E-state index in [0.29, 0.717) is 35.8 Å². The monoisotopic (exact) mass is 728 g/mol. The van der Waals surface area contributed by atoms with Gasteiger partial charge >= 0.3 is 0 Å². The van der Waals surface area contributed by atoms with Crippen molar-refractivity contribution in [2.75, 3.05) is 27.4 Å². The second-order valence-electron chi connectivity index (χ2n) is 11.2. The Hall–Kier alpha value is -5.07. The minimum atomic E-state index is -1.49. The molecule has 1 heterocycles. The molecule has 0 spiro atoms. The average Bonchev–Trinajstić information content (AvgIpc) is 3.52. The van der Waals surface area contributed by atoms with Crippen LogP contribution in [0.25, 0.3) is 10.4 Å². The van der Waals surface area contributed by atoms with Crippen LogP contribution in [0.2, 0.25) is 0 Å². The summed E-state index contributed by atoms with van der Waals surface area (Å²) < 4.78 is 24.0. The summed E-state index contributed by atoms with van der Waals surface area (Å²) in [5.74, 6) is 1.67. The number of rotatable bonds is 16. The number of nitrogens with zero attached hydrogens (tertiary/aromatic N) is 4. The lowest BCUT2D eigenvalue weighted by molar-refractivity contribution is -0.130. The van der Waals surface area contributed by atoms with Gasteiger partial charge in [0.25, 0.3) is 5.91 Å². The summed E-state index contributed by atoms with van der Waals surface area (Å²) in [5, 5.41) is 12.9. The van der Waals surface area contributed by atoms with Gasteiger partial charge in [-0.15, -0.1) is 0 Å². The number of halogens is 1. The number of hydrogen-bond acceptors (Lipinski definition) is 9. The number of hydrogen-bond donors (Lipinski definition) is 3. The summed E-state index contributed by atoms with van der Waals surface area (Å²) in [4.78, 5) is 22.6. The van der Waals surface area contributed by atoms with Gasteiger partial charge in [-0.1, -0.05) is 63.5 Å². The van der Waals surface area contributed by atoms with Gasteiger partial charge in [0.05, 0.1) is 27.4 Å². The van der Waals surface area contributed by atoms with Gasteiger partial charge in [0.2, 0.25) is 5.90 Å². The Balaban J connectivity index is 1.54. The van der Waals surface area contributed by atoms with Gasteiger partial charge in [-0.05, 0) is 76.3 Å². The number of aliphatic imine (C=N–C) groups is 1. The molecule has 4 aromatic carbocycles. The van der Waals surface area contributed by atoms with Crippen molar-refractivity contribution in [3.63, 3.8) is 0 Å². The minimum Gasteiger partial charge on any atom is -0.494 e. The van der Waals surface area contributed by atoms with Crippen LogP contribution in [0.3, 0.4) is 0 Å². The Morgan fingerprint density at radius 2 is 1.76 bits per heavy atom. The fraction of sp³-hybridized carbons (Fsp3) is 0.278. The smallest absolute Gasteiger partial charge is 0.266 e. The second kappa shape index (κ2) is 16.8. The largest absolute Gasteiger partial charge is 0.494 e. The first-order chi connectivity index (χ1) is 23.9. The van der Waals surface area contributed by atoms with Gasteiger partial charge in [-0.3, -0.25) is 10.2 Å². The third-order valence-corrected chi connectivity index (χ3v) is 8.56. The summed E-state index contributed by atoms with van der Waals surface area (Å²) >= 11 is 3.51. The molecule has 0 unspecified atom stereocenters. The van der Waals surface area contributed by atoms with E-state index in [1.54, 1.807) is 32.4 Å². The van der Waals surface area contributed by atoms with E-state index in [0.717, 1.165) is 26.7 Å². The zero-order chi connectivity index (χ0) is 34.6. The maximum absolute atomic E-state index is 14.6. The molecule has 0 aromatic heterocycles. The van der Waals surface area contributed by atoms with Gasteiger partial charge in [0, 0.05) is 40.9 Å². The summed E-state index contributed by atoms with van der Waals surface area (Å²) in [5.41, 5.74) is 17.3. The second-order valence-corrected chi connectivity index (χ2v) is 12.1. The molecule has 0 saturated carbocycles. The van der Waals surface area contributed by atoms with Crippen LogP contribution in [0.5, 0.6) is 17.2 Å². The summed E-state index contributed by atoms with van der Waals surface area (Å²) in [6, 6.07) is 27.8. The van der Waals surface area contributed by atoms with E-state index in [4.69, 9.17) is 34.6 Å². The fourth-order valence-corrected chi connectivity index (χ4v) is 5.79. The molecule has 0 aliphatic carbocycles. The van der Waals surface area contributed by atoms with Crippen LogP contribution in [0.15, 0.2) is 106 Å². The van der Waals surface area contributed by atoms with Crippen LogP contribution in [0.1, 0.15) is 40.3 Å². The van der Waals surface area contributed by atoms with Crippen LogP contribution in [0, 0.1) is 0 Å². The Morgan fingerprint density at radius 3 is 2.45 bits per heavy atom. The van der Waals surface area contributed by atoms with Crippen LogP contribution >= 0.6 is 15.9 Å². The molecule has 0 fully saturated rings. The van der Waals surface area contributed by atoms with E-state index in [1.165, 1.54) is 0 Å². The van der Waals surface area contributed by atoms with E-state index in [-0.39, 0.29) is 32.0 Å². The molecule has 2 atom stereocenters. The number of methoxy groups -OCH3 is 2. The third kappa shape index (κ3) is 8.51. The van der Waals surface area contributed by atoms with Crippen molar-refractivity contribution >= 4 is 27.7 Å². The molecule has 13 heteroatoms. The van der Waals surface area contributed by atoms with E-state index in [1.807, 2.05) is 72.8 Å². The van der Waals surface area contributed by atoms with Crippen LogP contribution < -0.4 is 25.1 Å². The fourth-order valence-electron chi connectivity index (χ4n) is 5.53. The number of benzene rings is 4. The van der Waals surface area contributed by atoms with Crippen molar-refractivity contribution in [3.8, 4) is 17.2 Å². The highest BCUT2D eigenvalue weighted by Crippen LogP contribution is 2.43. The van der Waals surface area contributed by atoms with Gasteiger partial charge < -0.3 is 24.1 Å². The molecule has 1 aliphatic heterocycles. The zero-order valence-electron chi connectivity index (χ0n) is 27.1. The molecule has 12 nitrogen and oxygen atoms in total. The van der Waals surface area contributed by atoms with E-state index in [9.17, 15) is 4.79 Å². The van der Waals surface area contributed by atoms with Crippen LogP contribution in [-0.2, 0) is 29.0 Å². The lowest BCUT2D eigenvalue weighted by Crippen LogP contribution is -2.53. The van der Waals surface area contributed by atoms with Crippen molar-refractivity contribution in [1.29, 1.82) is 0 Å². The number of nitrogens with one attached hydrogen (secondary N) is 2. The lowest BCUT2D eigenvalue weighted by atomic mass is 9.81. The quantitative estimate of drug-likeness (QED) is 0.0398. The van der Waals surface area contributed by atoms with Crippen molar-refractivity contribution in [2.45, 2.75) is 37.6 Å². The maximum atomic E-state index is 14.6. The number of carbonyl (C=O) groups is 1. The first kappa shape index (κ1) is 35.2. The molecular weight excluding hydrogens is 692 g/mol. The highest BCUT2D eigenvalue weighted by Gasteiger charge is 2.53. The molecule has 1 amide bonds. The molecule has 5 rings (SSSR count). The molecule has 4 aromatic rings. The van der Waals surface area contributed by atoms with E-state index < -0.39 is 17.6 Å². The number of carbonyl (C=O) groups excluding carboxylic acids is 1. The predicted molar refractivity (Wildman–Crippen MR) is 188 cm³/mol. The molecule has 0 radical (unpaired) electrons. The molecular formula is C36H37BrN6O6. The van der Waals surface area contributed by atoms with Gasteiger partial charge in [0.15, 0.2) is 23.1 Å². The molecule has 3 N–H and O–H groups in total. The molecule has 254 valence electrons. The number of aliphatic hydroxyl groups is 1. The Labute approximate surface area is 292 Å². The average molecular weight is 730 g/mol. The first-order valence-corrected chi connectivity index (χ1v) is 16.4. The number of amides is 1. The predicted octanol–water partition coefficient (Wildman–Crippen LogP) is 6.36. The highest BCUT2D eigenvalue weighted by atomic mass is 79.9. The lowest BCUT2D eigenvalue weighted by Gasteiger charge is -2.31. The third-order valence-electron chi connectivity index (χ3n) is 8.03. The summed E-state index contributed by atoms with van der Waals surface area (Å²) in [6.45, 7) is 0.820. The number of ether oxygens (including phenoxy) is 4. The Morgan fingerprint density at radius 1 is 1.02 bits per heavy atom. The van der Waals surface area contributed by atoms with Crippen LogP contribution in [0.4, 0.5) is 0 Å². The van der Waals surface area contributed by atoms with Crippen LogP contribution in [-0.4, -0.2) is 49.9 Å². The summed E-state index contributed by atoms with van der Waals surface area (Å²) in [6.07, 6.45) is -0.169. The molecule has 0 saturated heterocycles. The van der Waals surface area contributed by atoms with Crippen molar-refractivity contribution < 1.29 is 28.8 Å². The van der Waals surface area contributed by atoms with Crippen molar-refractivity contribution in [3.05, 3.63) is 134 Å². The Bertz CT molecular complexity index is 1810.